The first-order valence-electron chi connectivity index (χ1n) is 8.46. The van der Waals surface area contributed by atoms with Crippen molar-refractivity contribution in [2.75, 3.05) is 6.61 Å². The largest absolute Gasteiger partial charge is 0.394 e. The molecule has 0 aliphatic carbocycles. The quantitative estimate of drug-likeness (QED) is 0.300. The van der Waals surface area contributed by atoms with Crippen LogP contribution in [0.4, 0.5) is 0 Å². The third kappa shape index (κ3) is 9.87. The molecule has 1 rings (SSSR count). The van der Waals surface area contributed by atoms with Gasteiger partial charge in [0.05, 0.1) is 6.61 Å². The van der Waals surface area contributed by atoms with E-state index in [2.05, 4.69) is 37.2 Å². The lowest BCUT2D eigenvalue weighted by atomic mass is 10.2. The predicted molar refractivity (Wildman–Crippen MR) is 95.0 cm³/mol. The van der Waals surface area contributed by atoms with Crippen LogP contribution in [-0.2, 0) is 15.5 Å². The van der Waals surface area contributed by atoms with Gasteiger partial charge in [-0.3, -0.25) is 4.98 Å². The highest BCUT2D eigenvalue weighted by atomic mass is 28.4. The zero-order valence-electron chi connectivity index (χ0n) is 14.4. The fraction of sp³-hybridized carbons (Fsp3) is 0.611. The first kappa shape index (κ1) is 19.1. The smallest absolute Gasteiger partial charge is 0.332 e. The van der Waals surface area contributed by atoms with Crippen molar-refractivity contribution in [2.45, 2.75) is 65.1 Å². The molecular weight excluding hydrogens is 290 g/mol. The lowest BCUT2D eigenvalue weighted by Crippen LogP contribution is -2.34. The molecule has 0 atom stereocenters. The fourth-order valence-electron chi connectivity index (χ4n) is 2.05. The number of nitrogens with zero attached hydrogens (tertiary/aromatic N) is 1. The van der Waals surface area contributed by atoms with E-state index in [-0.39, 0.29) is 0 Å². The number of rotatable bonds is 12. The van der Waals surface area contributed by atoms with Crippen molar-refractivity contribution in [3.8, 4) is 0 Å². The van der Waals surface area contributed by atoms with Gasteiger partial charge in [-0.25, -0.2) is 0 Å². The summed E-state index contributed by atoms with van der Waals surface area (Å²) in [5.74, 6) is 0. The van der Waals surface area contributed by atoms with Gasteiger partial charge in [-0.1, -0.05) is 38.0 Å². The maximum absolute atomic E-state index is 5.96. The maximum atomic E-state index is 5.96. The van der Waals surface area contributed by atoms with Crippen LogP contribution in [0.15, 0.2) is 36.7 Å². The Labute approximate surface area is 137 Å². The van der Waals surface area contributed by atoms with Gasteiger partial charge in [0.2, 0.25) is 0 Å². The Bertz CT molecular complexity index is 407. The molecule has 0 amide bonds. The van der Waals surface area contributed by atoms with Crippen LogP contribution in [-0.4, -0.2) is 20.2 Å². The minimum atomic E-state index is -2.02. The van der Waals surface area contributed by atoms with E-state index in [1.54, 1.807) is 6.20 Å². The summed E-state index contributed by atoms with van der Waals surface area (Å²) < 4.78 is 11.9. The molecule has 0 saturated carbocycles. The Hall–Kier alpha value is -0.973. The molecule has 0 fully saturated rings. The molecule has 3 nitrogen and oxygen atoms in total. The second kappa shape index (κ2) is 11.6. The van der Waals surface area contributed by atoms with Gasteiger partial charge in [-0.05, 0) is 50.4 Å². The molecule has 0 spiro atoms. The highest BCUT2D eigenvalue weighted by Crippen LogP contribution is 2.11. The highest BCUT2D eigenvalue weighted by Gasteiger charge is 2.24. The first-order chi connectivity index (χ1) is 10.6. The van der Waals surface area contributed by atoms with Crippen LogP contribution < -0.4 is 0 Å². The molecule has 0 bridgehead atoms. The number of unbranched alkanes of at least 4 members (excludes halogenated alkanes) is 4. The molecule has 0 unspecified atom stereocenters. The highest BCUT2D eigenvalue weighted by molar-refractivity contribution is 6.64. The van der Waals surface area contributed by atoms with E-state index in [1.165, 1.54) is 25.7 Å². The molecule has 0 aromatic carbocycles. The molecule has 0 saturated heterocycles. The van der Waals surface area contributed by atoms with Crippen molar-refractivity contribution >= 4 is 8.56 Å². The second-order valence-electron chi connectivity index (χ2n) is 6.01. The standard InChI is InChI=1S/C18H31NO2Si/c1-4-5-6-7-8-9-10-11-15-20-22(2,3)21-17-18-13-12-14-19-16-18/h8-9,12-14,16H,4-7,10-11,15,17H2,1-3H3/b9-8-. The summed E-state index contributed by atoms with van der Waals surface area (Å²) in [5, 5.41) is 0. The van der Waals surface area contributed by atoms with Gasteiger partial charge in [-0.2, -0.15) is 0 Å². The van der Waals surface area contributed by atoms with Crippen LogP contribution >= 0.6 is 0 Å². The Balaban J connectivity index is 2.07. The van der Waals surface area contributed by atoms with Gasteiger partial charge < -0.3 is 8.85 Å². The van der Waals surface area contributed by atoms with E-state index in [0.29, 0.717) is 6.61 Å². The van der Waals surface area contributed by atoms with E-state index in [9.17, 15) is 0 Å². The van der Waals surface area contributed by atoms with Crippen LogP contribution in [0.3, 0.4) is 0 Å². The monoisotopic (exact) mass is 321 g/mol. The topological polar surface area (TPSA) is 31.4 Å². The number of hydrogen-bond donors (Lipinski definition) is 0. The van der Waals surface area contributed by atoms with Crippen molar-refractivity contribution in [2.24, 2.45) is 0 Å². The van der Waals surface area contributed by atoms with E-state index in [1.807, 2.05) is 18.3 Å². The van der Waals surface area contributed by atoms with Crippen LogP contribution in [0.1, 0.15) is 51.0 Å². The Morgan fingerprint density at radius 2 is 1.86 bits per heavy atom. The lowest BCUT2D eigenvalue weighted by molar-refractivity contribution is 0.170. The number of allylic oxidation sites excluding steroid dienone is 2. The summed E-state index contributed by atoms with van der Waals surface area (Å²) in [5.41, 5.74) is 1.10. The molecule has 1 heterocycles. The summed E-state index contributed by atoms with van der Waals surface area (Å²) in [6, 6.07) is 3.96. The van der Waals surface area contributed by atoms with Gasteiger partial charge in [0, 0.05) is 19.0 Å². The zero-order chi connectivity index (χ0) is 16.1. The Morgan fingerprint density at radius 1 is 1.09 bits per heavy atom. The molecule has 124 valence electrons. The van der Waals surface area contributed by atoms with Gasteiger partial charge in [0.25, 0.3) is 0 Å². The van der Waals surface area contributed by atoms with Crippen molar-refractivity contribution in [3.05, 3.63) is 42.2 Å². The summed E-state index contributed by atoms with van der Waals surface area (Å²) >= 11 is 0. The minimum Gasteiger partial charge on any atom is -0.394 e. The molecule has 22 heavy (non-hydrogen) atoms. The second-order valence-corrected chi connectivity index (χ2v) is 9.38. The summed E-state index contributed by atoms with van der Waals surface area (Å²) in [6.07, 6.45) is 15.5. The number of hydrogen-bond acceptors (Lipinski definition) is 3. The number of aromatic nitrogens is 1. The summed E-state index contributed by atoms with van der Waals surface area (Å²) in [7, 11) is -2.02. The van der Waals surface area contributed by atoms with Crippen molar-refractivity contribution in [3.63, 3.8) is 0 Å². The van der Waals surface area contributed by atoms with Crippen molar-refractivity contribution in [1.29, 1.82) is 0 Å². The number of pyridine rings is 1. The Morgan fingerprint density at radius 3 is 2.55 bits per heavy atom. The van der Waals surface area contributed by atoms with Gasteiger partial charge in [-0.15, -0.1) is 0 Å². The first-order valence-corrected chi connectivity index (χ1v) is 11.3. The molecule has 0 radical (unpaired) electrons. The van der Waals surface area contributed by atoms with Crippen LogP contribution in [0.5, 0.6) is 0 Å². The van der Waals surface area contributed by atoms with Crippen molar-refractivity contribution in [1.82, 2.24) is 4.98 Å². The SMILES string of the molecule is CCCCC/C=C\CCCO[Si](C)(C)OCc1cccnc1. The van der Waals surface area contributed by atoms with Crippen LogP contribution in [0, 0.1) is 0 Å². The Kier molecular flexibility index (Phi) is 10.0. The molecule has 1 aromatic rings. The zero-order valence-corrected chi connectivity index (χ0v) is 15.4. The van der Waals surface area contributed by atoms with Gasteiger partial charge in [0.15, 0.2) is 0 Å². The molecule has 0 N–H and O–H groups in total. The van der Waals surface area contributed by atoms with E-state index >= 15 is 0 Å². The summed E-state index contributed by atoms with van der Waals surface area (Å²) in [4.78, 5) is 4.09. The average molecular weight is 322 g/mol. The summed E-state index contributed by atoms with van der Waals surface area (Å²) in [6.45, 7) is 7.81. The van der Waals surface area contributed by atoms with Gasteiger partial charge in [0.1, 0.15) is 0 Å². The normalized spacial score (nSPS) is 12.1. The molecule has 1 aromatic heterocycles. The average Bonchev–Trinajstić information content (AvgIpc) is 2.52. The fourth-order valence-corrected chi connectivity index (χ4v) is 3.28. The van der Waals surface area contributed by atoms with Gasteiger partial charge >= 0.3 is 8.56 Å². The third-order valence-corrected chi connectivity index (χ3v) is 5.15. The van der Waals surface area contributed by atoms with Crippen LogP contribution in [0.25, 0.3) is 0 Å². The predicted octanol–water partition coefficient (Wildman–Crippen LogP) is 5.23. The molecule has 4 heteroatoms. The third-order valence-electron chi connectivity index (χ3n) is 3.42. The van der Waals surface area contributed by atoms with Crippen molar-refractivity contribution < 1.29 is 8.85 Å². The maximum Gasteiger partial charge on any atom is 0.332 e. The lowest BCUT2D eigenvalue weighted by Gasteiger charge is -2.22. The van der Waals surface area contributed by atoms with E-state index in [4.69, 9.17) is 8.85 Å². The molecular formula is C18H31NO2Si. The minimum absolute atomic E-state index is 0.588. The van der Waals surface area contributed by atoms with E-state index < -0.39 is 8.56 Å². The molecule has 0 aliphatic rings. The van der Waals surface area contributed by atoms with Crippen LogP contribution in [0.2, 0.25) is 13.1 Å². The van der Waals surface area contributed by atoms with E-state index in [0.717, 1.165) is 25.0 Å². The molecule has 0 aliphatic heterocycles.